The van der Waals surface area contributed by atoms with Gasteiger partial charge in [-0.25, -0.2) is 4.99 Å². The molecule has 0 spiro atoms. The normalized spacial score (nSPS) is 15.9. The summed E-state index contributed by atoms with van der Waals surface area (Å²) >= 11 is 9.51. The van der Waals surface area contributed by atoms with Gasteiger partial charge in [0.05, 0.1) is 12.2 Å². The van der Waals surface area contributed by atoms with Gasteiger partial charge in [0.25, 0.3) is 0 Å². The van der Waals surface area contributed by atoms with Gasteiger partial charge in [-0.1, -0.05) is 18.2 Å². The van der Waals surface area contributed by atoms with Gasteiger partial charge in [0.15, 0.2) is 10.3 Å². The Labute approximate surface area is 117 Å². The van der Waals surface area contributed by atoms with Crippen LogP contribution in [0.5, 0.6) is 0 Å². The lowest BCUT2D eigenvalue weighted by Crippen LogP contribution is -2.22. The van der Waals surface area contributed by atoms with Crippen LogP contribution in [0, 0.1) is 0 Å². The van der Waals surface area contributed by atoms with E-state index in [1.165, 1.54) is 6.08 Å². The van der Waals surface area contributed by atoms with E-state index >= 15 is 0 Å². The molecule has 1 aromatic rings. The van der Waals surface area contributed by atoms with Crippen LogP contribution in [0.1, 0.15) is 5.69 Å². The van der Waals surface area contributed by atoms with E-state index in [-0.39, 0.29) is 16.9 Å². The Balaban J connectivity index is 2.32. The summed E-state index contributed by atoms with van der Waals surface area (Å²) in [6.07, 6.45) is -3.02. The topological polar surface area (TPSA) is 42.2 Å². The molecule has 2 heterocycles. The third kappa shape index (κ3) is 3.32. The average Bonchev–Trinajstić information content (AvgIpc) is 2.57. The SMILES string of the molecule is C=C1C=C(Cn2nc(Cl)cc2C(F)(F)F)N=C(S)N1. The molecular formula is C10H8ClF3N4S. The van der Waals surface area contributed by atoms with E-state index in [1.807, 2.05) is 0 Å². The molecule has 19 heavy (non-hydrogen) atoms. The summed E-state index contributed by atoms with van der Waals surface area (Å²) < 4.78 is 39.0. The highest BCUT2D eigenvalue weighted by Crippen LogP contribution is 2.31. The molecule has 0 fully saturated rings. The summed E-state index contributed by atoms with van der Waals surface area (Å²) in [6, 6.07) is 0.767. The summed E-state index contributed by atoms with van der Waals surface area (Å²) in [4.78, 5) is 3.96. The lowest BCUT2D eigenvalue weighted by Gasteiger charge is -2.15. The minimum absolute atomic E-state index is 0.174. The van der Waals surface area contributed by atoms with Gasteiger partial charge < -0.3 is 5.32 Å². The number of alkyl halides is 3. The zero-order chi connectivity index (χ0) is 14.2. The van der Waals surface area contributed by atoms with E-state index in [9.17, 15) is 13.2 Å². The minimum atomic E-state index is -4.53. The van der Waals surface area contributed by atoms with Crippen LogP contribution >= 0.6 is 24.2 Å². The Hall–Kier alpha value is -1.41. The van der Waals surface area contributed by atoms with Crippen molar-refractivity contribution in [3.05, 3.63) is 41.0 Å². The van der Waals surface area contributed by atoms with E-state index in [4.69, 9.17) is 11.6 Å². The lowest BCUT2D eigenvalue weighted by atomic mass is 10.3. The fraction of sp³-hybridized carbons (Fsp3) is 0.200. The van der Waals surface area contributed by atoms with Gasteiger partial charge in [0, 0.05) is 11.8 Å². The molecule has 0 atom stereocenters. The number of halogens is 4. The van der Waals surface area contributed by atoms with Crippen LogP contribution in [-0.4, -0.2) is 14.9 Å². The number of rotatable bonds is 2. The Bertz CT molecular complexity index is 588. The number of allylic oxidation sites excluding steroid dienone is 2. The summed E-state index contributed by atoms with van der Waals surface area (Å²) in [6.45, 7) is 3.46. The van der Waals surface area contributed by atoms with Crippen LogP contribution in [0.25, 0.3) is 0 Å². The highest BCUT2D eigenvalue weighted by atomic mass is 35.5. The van der Waals surface area contributed by atoms with Crippen molar-refractivity contribution in [2.45, 2.75) is 12.7 Å². The first-order chi connectivity index (χ1) is 8.75. The Morgan fingerprint density at radius 2 is 2.16 bits per heavy atom. The first-order valence-corrected chi connectivity index (χ1v) is 5.83. The highest BCUT2D eigenvalue weighted by Gasteiger charge is 2.35. The molecule has 0 unspecified atom stereocenters. The molecule has 102 valence electrons. The Morgan fingerprint density at radius 1 is 1.47 bits per heavy atom. The maximum Gasteiger partial charge on any atom is 0.433 e. The molecule has 0 aromatic carbocycles. The fourth-order valence-electron chi connectivity index (χ4n) is 1.55. The van der Waals surface area contributed by atoms with E-state index in [2.05, 4.69) is 34.6 Å². The smallest absolute Gasteiger partial charge is 0.335 e. The fourth-order valence-corrected chi connectivity index (χ4v) is 2.01. The lowest BCUT2D eigenvalue weighted by molar-refractivity contribution is -0.144. The third-order valence-corrected chi connectivity index (χ3v) is 2.61. The van der Waals surface area contributed by atoms with Crippen molar-refractivity contribution in [2.24, 2.45) is 4.99 Å². The van der Waals surface area contributed by atoms with Crippen molar-refractivity contribution in [2.75, 3.05) is 0 Å². The van der Waals surface area contributed by atoms with Crippen LogP contribution in [0.3, 0.4) is 0 Å². The van der Waals surface area contributed by atoms with E-state index in [0.717, 1.165) is 10.7 Å². The number of aliphatic imine (C=N–C) groups is 1. The first-order valence-electron chi connectivity index (χ1n) is 5.00. The van der Waals surface area contributed by atoms with Crippen molar-refractivity contribution in [1.82, 2.24) is 15.1 Å². The zero-order valence-electron chi connectivity index (χ0n) is 9.37. The average molecular weight is 309 g/mol. The van der Waals surface area contributed by atoms with Gasteiger partial charge >= 0.3 is 6.18 Å². The predicted molar refractivity (Wildman–Crippen MR) is 69.0 cm³/mol. The van der Waals surface area contributed by atoms with Gasteiger partial charge in [-0.3, -0.25) is 4.68 Å². The van der Waals surface area contributed by atoms with E-state index in [0.29, 0.717) is 11.4 Å². The molecule has 0 aliphatic carbocycles. The minimum Gasteiger partial charge on any atom is -0.335 e. The van der Waals surface area contributed by atoms with Crippen molar-refractivity contribution in [3.63, 3.8) is 0 Å². The maximum absolute atomic E-state index is 12.7. The molecule has 2 rings (SSSR count). The standard InChI is InChI=1S/C10H8ClF3N4S/c1-5-2-6(16-9(19)15-5)4-18-7(10(12,13)14)3-8(11)17-18/h2-3H,1,4H2,(H2,15,16,19). The molecule has 0 radical (unpaired) electrons. The molecule has 1 N–H and O–H groups in total. The van der Waals surface area contributed by atoms with Gasteiger partial charge in [0.2, 0.25) is 0 Å². The van der Waals surface area contributed by atoms with Crippen LogP contribution in [0.4, 0.5) is 13.2 Å². The summed E-state index contributed by atoms with van der Waals surface area (Å²) in [5.74, 6) is 0. The second-order valence-corrected chi connectivity index (χ2v) is 4.54. The van der Waals surface area contributed by atoms with Gasteiger partial charge in [-0.15, -0.1) is 12.6 Å². The van der Waals surface area contributed by atoms with Crippen molar-refractivity contribution < 1.29 is 13.2 Å². The number of thiol groups is 1. The number of amidine groups is 1. The van der Waals surface area contributed by atoms with Crippen LogP contribution in [0.2, 0.25) is 5.15 Å². The number of hydrogen-bond donors (Lipinski definition) is 2. The monoisotopic (exact) mass is 308 g/mol. The molecule has 0 saturated heterocycles. The summed E-state index contributed by atoms with van der Waals surface area (Å²) in [5.41, 5.74) is -0.0979. The molecule has 4 nitrogen and oxygen atoms in total. The molecule has 0 saturated carbocycles. The Morgan fingerprint density at radius 3 is 2.74 bits per heavy atom. The van der Waals surface area contributed by atoms with Gasteiger partial charge in [-0.2, -0.15) is 18.3 Å². The first kappa shape index (κ1) is 14.0. The van der Waals surface area contributed by atoms with Crippen LogP contribution in [0.15, 0.2) is 35.1 Å². The maximum atomic E-state index is 12.7. The van der Waals surface area contributed by atoms with Crippen molar-refractivity contribution >= 4 is 29.4 Å². The molecule has 1 aliphatic heterocycles. The molecule has 0 bridgehead atoms. The van der Waals surface area contributed by atoms with E-state index in [1.54, 1.807) is 0 Å². The Kier molecular flexibility index (Phi) is 3.64. The van der Waals surface area contributed by atoms with Gasteiger partial charge in [0.1, 0.15) is 5.69 Å². The summed E-state index contributed by atoms with van der Waals surface area (Å²) in [7, 11) is 0. The summed E-state index contributed by atoms with van der Waals surface area (Å²) in [5, 5.41) is 6.34. The zero-order valence-corrected chi connectivity index (χ0v) is 11.0. The van der Waals surface area contributed by atoms with Crippen LogP contribution in [-0.2, 0) is 12.7 Å². The second kappa shape index (κ2) is 4.93. The predicted octanol–water partition coefficient (Wildman–Crippen LogP) is 2.84. The number of nitrogens with zero attached hydrogens (tertiary/aromatic N) is 3. The third-order valence-electron chi connectivity index (χ3n) is 2.22. The largest absolute Gasteiger partial charge is 0.433 e. The number of aromatic nitrogens is 2. The highest BCUT2D eigenvalue weighted by molar-refractivity contribution is 7.96. The van der Waals surface area contributed by atoms with E-state index < -0.39 is 11.9 Å². The molecule has 1 aromatic heterocycles. The number of nitrogens with one attached hydrogen (secondary N) is 1. The van der Waals surface area contributed by atoms with Crippen molar-refractivity contribution in [3.8, 4) is 0 Å². The quantitative estimate of drug-likeness (QED) is 0.825. The molecule has 9 heteroatoms. The second-order valence-electron chi connectivity index (χ2n) is 3.73. The molecule has 1 aliphatic rings. The van der Waals surface area contributed by atoms with Gasteiger partial charge in [-0.05, 0) is 6.08 Å². The molecule has 0 amide bonds. The van der Waals surface area contributed by atoms with Crippen LogP contribution < -0.4 is 5.32 Å². The molecular weight excluding hydrogens is 301 g/mol. The van der Waals surface area contributed by atoms with Crippen molar-refractivity contribution in [1.29, 1.82) is 0 Å². The number of hydrogen-bond acceptors (Lipinski definition) is 3.